The van der Waals surface area contributed by atoms with Crippen LogP contribution in [0.25, 0.3) is 11.1 Å². The van der Waals surface area contributed by atoms with E-state index in [0.29, 0.717) is 0 Å². The van der Waals surface area contributed by atoms with Crippen LogP contribution < -0.4 is 0 Å². The van der Waals surface area contributed by atoms with Gasteiger partial charge in [0.15, 0.2) is 0 Å². The highest BCUT2D eigenvalue weighted by molar-refractivity contribution is 7.60. The molecule has 3 aromatic rings. The Kier molecular flexibility index (Phi) is 9.72. The summed E-state index contributed by atoms with van der Waals surface area (Å²) in [7, 11) is -6.14. The van der Waals surface area contributed by atoms with Gasteiger partial charge in [0.1, 0.15) is 0 Å². The van der Waals surface area contributed by atoms with Gasteiger partial charge in [-0.25, -0.2) is 0 Å². The first-order valence-corrected chi connectivity index (χ1v) is 16.7. The zero-order valence-electron chi connectivity index (χ0n) is 23.4. The van der Waals surface area contributed by atoms with Crippen LogP contribution in [0, 0.1) is 0 Å². The van der Waals surface area contributed by atoms with E-state index in [1.54, 1.807) is 22.3 Å². The molecule has 3 aromatic carbocycles. The van der Waals surface area contributed by atoms with Crippen molar-refractivity contribution in [2.75, 3.05) is 0 Å². The Morgan fingerprint density at radius 3 is 1.50 bits per heavy atom. The van der Waals surface area contributed by atoms with Crippen molar-refractivity contribution < 1.29 is 17.3 Å². The lowest BCUT2D eigenvalue weighted by Gasteiger charge is -2.50. The van der Waals surface area contributed by atoms with E-state index >= 15 is 0 Å². The van der Waals surface area contributed by atoms with E-state index < -0.39 is 7.25 Å². The predicted molar refractivity (Wildman–Crippen MR) is 163 cm³/mol. The number of hydrogen-bond donors (Lipinski definition) is 0. The first-order valence-electron chi connectivity index (χ1n) is 15.3. The minimum atomic E-state index is -6.00. The molecular formula is C34H41BF4P-. The largest absolute Gasteiger partial charge is 0.673 e. The topological polar surface area (TPSA) is 0 Å². The maximum Gasteiger partial charge on any atom is 0.673 e. The standard InChI is InChI=1S/C34H41P.BF4/c1-4-15-27(16-5-1)17-14-26-34(32-24-12-10-22-30(32)31-23-11-13-25-33(31)34)35(28-18-6-2-7-19-28)29-20-8-3-9-21-29;2-1(3,4)5/h1,4-5,10-13,15-16,22-25,28-29H,2-3,6-9,14,17-21,26H2;/q;-1. The average Bonchev–Trinajstić information content (AvgIpc) is 3.25. The molecule has 0 bridgehead atoms. The first-order chi connectivity index (χ1) is 19.4. The first kappa shape index (κ1) is 29.4. The normalized spacial score (nSPS) is 19.0. The van der Waals surface area contributed by atoms with Crippen molar-refractivity contribution in [2.45, 2.75) is 99.9 Å². The van der Waals surface area contributed by atoms with Crippen LogP contribution in [0.3, 0.4) is 0 Å². The minimum Gasteiger partial charge on any atom is -0.418 e. The second kappa shape index (κ2) is 13.2. The van der Waals surface area contributed by atoms with Crippen LogP contribution in [0.5, 0.6) is 0 Å². The summed E-state index contributed by atoms with van der Waals surface area (Å²) in [6, 6.07) is 30.4. The molecule has 2 fully saturated rings. The Bertz CT molecular complexity index is 1150. The molecule has 3 aliphatic carbocycles. The summed E-state index contributed by atoms with van der Waals surface area (Å²) in [5.41, 5.74) is 9.86. The number of fused-ring (bicyclic) bond motifs is 3. The summed E-state index contributed by atoms with van der Waals surface area (Å²) in [4.78, 5) is 0. The third kappa shape index (κ3) is 6.67. The Labute approximate surface area is 238 Å². The van der Waals surface area contributed by atoms with Crippen LogP contribution in [0.2, 0.25) is 0 Å². The van der Waals surface area contributed by atoms with Gasteiger partial charge in [-0.1, -0.05) is 125 Å². The third-order valence-corrected chi connectivity index (χ3v) is 13.5. The summed E-state index contributed by atoms with van der Waals surface area (Å²) < 4.78 is 39.0. The molecule has 40 heavy (non-hydrogen) atoms. The predicted octanol–water partition coefficient (Wildman–Crippen LogP) is 11.4. The van der Waals surface area contributed by atoms with Crippen LogP contribution in [0.1, 0.15) is 93.7 Å². The van der Waals surface area contributed by atoms with E-state index in [2.05, 4.69) is 78.9 Å². The Morgan fingerprint density at radius 1 is 0.600 bits per heavy atom. The molecule has 0 amide bonds. The maximum absolute atomic E-state index is 9.75. The number of halogens is 4. The molecule has 0 aromatic heterocycles. The van der Waals surface area contributed by atoms with Crippen molar-refractivity contribution in [1.82, 2.24) is 0 Å². The van der Waals surface area contributed by atoms with Gasteiger partial charge >= 0.3 is 7.25 Å². The summed E-state index contributed by atoms with van der Waals surface area (Å²) in [5.74, 6) is 0. The summed E-state index contributed by atoms with van der Waals surface area (Å²) in [6.07, 6.45) is 18.5. The zero-order valence-corrected chi connectivity index (χ0v) is 24.3. The number of benzene rings is 3. The molecule has 0 N–H and O–H groups in total. The van der Waals surface area contributed by atoms with Gasteiger partial charge in [0.2, 0.25) is 0 Å². The SMILES string of the molecule is F[B-](F)(F)F.c1ccc(CCCC2(P(C3CCCCC3)C3CCCCC3)c3ccccc3-c3ccccc32)cc1. The fourth-order valence-corrected chi connectivity index (χ4v) is 12.9. The fourth-order valence-electron chi connectivity index (χ4n) is 7.81. The highest BCUT2D eigenvalue weighted by Crippen LogP contribution is 2.74. The Hall–Kier alpha value is -2.13. The smallest absolute Gasteiger partial charge is 0.418 e. The van der Waals surface area contributed by atoms with Crippen molar-refractivity contribution in [2.24, 2.45) is 0 Å². The van der Waals surface area contributed by atoms with Crippen molar-refractivity contribution in [3.8, 4) is 11.1 Å². The van der Waals surface area contributed by atoms with Crippen molar-refractivity contribution in [3.63, 3.8) is 0 Å². The molecule has 0 saturated heterocycles. The molecule has 0 radical (unpaired) electrons. The molecule has 6 heteroatoms. The van der Waals surface area contributed by atoms with Crippen LogP contribution in [-0.2, 0) is 11.6 Å². The fraction of sp³-hybridized carbons (Fsp3) is 0.471. The summed E-state index contributed by atoms with van der Waals surface area (Å²) >= 11 is 0. The van der Waals surface area contributed by atoms with E-state index in [-0.39, 0.29) is 13.1 Å². The zero-order chi connectivity index (χ0) is 28.0. The molecule has 0 heterocycles. The van der Waals surface area contributed by atoms with Crippen molar-refractivity contribution in [1.29, 1.82) is 0 Å². The van der Waals surface area contributed by atoms with Gasteiger partial charge in [-0.2, -0.15) is 0 Å². The number of hydrogen-bond acceptors (Lipinski definition) is 0. The highest BCUT2D eigenvalue weighted by Gasteiger charge is 2.52. The molecule has 0 atom stereocenters. The Morgan fingerprint density at radius 2 is 1.02 bits per heavy atom. The molecule has 0 aliphatic heterocycles. The minimum absolute atomic E-state index is 0.136. The molecular weight excluding hydrogens is 526 g/mol. The van der Waals surface area contributed by atoms with Gasteiger partial charge in [-0.15, -0.1) is 0 Å². The van der Waals surface area contributed by atoms with Gasteiger partial charge in [-0.3, -0.25) is 0 Å². The van der Waals surface area contributed by atoms with Crippen LogP contribution in [0.15, 0.2) is 78.9 Å². The summed E-state index contributed by atoms with van der Waals surface area (Å²) in [5, 5.41) is 0.237. The van der Waals surface area contributed by atoms with Crippen molar-refractivity contribution >= 4 is 15.2 Å². The maximum atomic E-state index is 9.75. The molecule has 0 unspecified atom stereocenters. The lowest BCUT2D eigenvalue weighted by atomic mass is 9.89. The molecule has 0 spiro atoms. The quantitative estimate of drug-likeness (QED) is 0.151. The molecule has 6 rings (SSSR count). The van der Waals surface area contributed by atoms with E-state index in [1.165, 1.54) is 89.0 Å². The highest BCUT2D eigenvalue weighted by atomic mass is 31.1. The second-order valence-corrected chi connectivity index (χ2v) is 14.8. The summed E-state index contributed by atoms with van der Waals surface area (Å²) in [6.45, 7) is 0. The van der Waals surface area contributed by atoms with Gasteiger partial charge in [0, 0.05) is 5.16 Å². The average molecular weight is 567 g/mol. The van der Waals surface area contributed by atoms with Crippen LogP contribution in [-0.4, -0.2) is 18.6 Å². The van der Waals surface area contributed by atoms with E-state index in [0.717, 1.165) is 11.3 Å². The molecule has 0 nitrogen and oxygen atoms in total. The lowest BCUT2D eigenvalue weighted by Crippen LogP contribution is -2.35. The van der Waals surface area contributed by atoms with Crippen LogP contribution in [0.4, 0.5) is 17.3 Å². The Balaban J connectivity index is 0.000000595. The second-order valence-electron chi connectivity index (χ2n) is 11.8. The number of aryl methyl sites for hydroxylation is 1. The molecule has 214 valence electrons. The van der Waals surface area contributed by atoms with Gasteiger partial charge in [0.05, 0.1) is 0 Å². The van der Waals surface area contributed by atoms with Gasteiger partial charge in [-0.05, 0) is 84.1 Å². The van der Waals surface area contributed by atoms with Gasteiger partial charge < -0.3 is 17.3 Å². The van der Waals surface area contributed by atoms with Gasteiger partial charge in [0.25, 0.3) is 0 Å². The van der Waals surface area contributed by atoms with Crippen LogP contribution >= 0.6 is 7.92 Å². The molecule has 3 aliphatic rings. The van der Waals surface area contributed by atoms with E-state index in [1.807, 2.05) is 0 Å². The number of rotatable bonds is 7. The third-order valence-electron chi connectivity index (χ3n) is 9.26. The van der Waals surface area contributed by atoms with E-state index in [4.69, 9.17) is 0 Å². The monoisotopic (exact) mass is 567 g/mol. The van der Waals surface area contributed by atoms with E-state index in [9.17, 15) is 17.3 Å². The molecule has 2 saturated carbocycles. The lowest BCUT2D eigenvalue weighted by molar-refractivity contribution is 0.368. The van der Waals surface area contributed by atoms with Crippen molar-refractivity contribution in [3.05, 3.63) is 95.6 Å².